The molecule has 1 aliphatic rings. The Balaban J connectivity index is 0.000000902. The van der Waals surface area contributed by atoms with E-state index in [0.29, 0.717) is 0 Å². The Hall–Kier alpha value is -1.12. The topological polar surface area (TPSA) is 80.2 Å². The van der Waals surface area contributed by atoms with E-state index in [1.807, 2.05) is 18.2 Å². The van der Waals surface area contributed by atoms with E-state index in [1.54, 1.807) is 6.20 Å². The van der Waals surface area contributed by atoms with Gasteiger partial charge in [0.15, 0.2) is 0 Å². The summed E-state index contributed by atoms with van der Waals surface area (Å²) in [7, 11) is 0. The Labute approximate surface area is 127 Å². The summed E-state index contributed by atoms with van der Waals surface area (Å²) in [5, 5.41) is 9.09. The molecule has 1 saturated carbocycles. The summed E-state index contributed by atoms with van der Waals surface area (Å²) in [5.41, 5.74) is 1.30. The van der Waals surface area contributed by atoms with Crippen LogP contribution in [0.3, 0.4) is 0 Å². The van der Waals surface area contributed by atoms with Gasteiger partial charge in [0.2, 0.25) is 5.01 Å². The zero-order chi connectivity index (χ0) is 11.9. The van der Waals surface area contributed by atoms with Crippen LogP contribution in [-0.2, 0) is 5.41 Å². The number of carboxylic acid groups (broad SMARTS) is 1. The maximum absolute atomic E-state index is 10.8. The van der Waals surface area contributed by atoms with E-state index >= 15 is 0 Å². The Kier molecular flexibility index (Phi) is 4.94. The van der Waals surface area contributed by atoms with E-state index in [1.165, 1.54) is 16.9 Å². The van der Waals surface area contributed by atoms with Crippen molar-refractivity contribution < 1.29 is 34.2 Å². The molecule has 0 radical (unpaired) electrons. The number of thiazole rings is 1. The third-order valence-corrected chi connectivity index (χ3v) is 4.43. The fourth-order valence-electron chi connectivity index (χ4n) is 2.15. The Bertz CT molecular complexity index is 566. The smallest absolute Gasteiger partial charge is 0.870 e. The van der Waals surface area contributed by atoms with Gasteiger partial charge < -0.3 is 10.6 Å². The molecule has 0 unspecified atom stereocenters. The van der Waals surface area contributed by atoms with E-state index in [9.17, 15) is 4.79 Å². The number of aromatic nitrogens is 1. The molecule has 0 spiro atoms. The van der Waals surface area contributed by atoms with Gasteiger partial charge >= 0.3 is 24.8 Å². The molecule has 0 atom stereocenters. The number of rotatable bonds is 3. The van der Waals surface area contributed by atoms with Gasteiger partial charge in [-0.25, -0.2) is 9.78 Å². The second kappa shape index (κ2) is 5.89. The van der Waals surface area contributed by atoms with Gasteiger partial charge in [-0.05, 0) is 18.4 Å². The Morgan fingerprint density at radius 2 is 1.89 bits per heavy atom. The van der Waals surface area contributed by atoms with E-state index < -0.39 is 5.97 Å². The largest absolute Gasteiger partial charge is 1.00 e. The number of carboxylic acids is 1. The summed E-state index contributed by atoms with van der Waals surface area (Å²) in [6.45, 7) is 0. The molecule has 1 aromatic heterocycles. The van der Waals surface area contributed by atoms with Crippen LogP contribution in [0, 0.1) is 0 Å². The molecule has 19 heavy (non-hydrogen) atoms. The molecule has 0 aliphatic heterocycles. The van der Waals surface area contributed by atoms with Crippen molar-refractivity contribution in [3.8, 4) is 0 Å². The first kappa shape index (κ1) is 15.9. The normalized spacial score (nSPS) is 14.9. The number of nitrogens with zero attached hydrogens (tertiary/aromatic N) is 1. The van der Waals surface area contributed by atoms with Crippen LogP contribution in [0.25, 0.3) is 0 Å². The third kappa shape index (κ3) is 2.75. The Morgan fingerprint density at radius 3 is 2.37 bits per heavy atom. The predicted molar refractivity (Wildman–Crippen MR) is 67.5 cm³/mol. The molecular weight excluding hydrogens is 257 g/mol. The molecule has 1 aromatic carbocycles. The van der Waals surface area contributed by atoms with Crippen LogP contribution in [0.1, 0.15) is 33.1 Å². The van der Waals surface area contributed by atoms with Crippen molar-refractivity contribution in [3.05, 3.63) is 52.0 Å². The number of aromatic carboxylic acids is 1. The van der Waals surface area contributed by atoms with Gasteiger partial charge in [-0.15, -0.1) is 11.3 Å². The van der Waals surface area contributed by atoms with Gasteiger partial charge in [0.25, 0.3) is 0 Å². The first-order valence-electron chi connectivity index (χ1n) is 5.47. The van der Waals surface area contributed by atoms with Crippen LogP contribution < -0.4 is 18.9 Å². The molecule has 2 N–H and O–H groups in total. The van der Waals surface area contributed by atoms with Gasteiger partial charge in [-0.2, -0.15) is 0 Å². The number of carbonyl (C=O) groups is 1. The number of benzene rings is 1. The summed E-state index contributed by atoms with van der Waals surface area (Å²) in [5.74, 6) is -0.940. The molecule has 3 rings (SSSR count). The fraction of sp³-hybridized carbons (Fsp3) is 0.231. The summed E-state index contributed by atoms with van der Waals surface area (Å²) < 4.78 is 0. The molecule has 1 fully saturated rings. The average Bonchev–Trinajstić information content (AvgIpc) is 3.00. The molecule has 0 bridgehead atoms. The summed E-state index contributed by atoms with van der Waals surface area (Å²) in [4.78, 5) is 15.9. The van der Waals surface area contributed by atoms with Crippen molar-refractivity contribution in [1.29, 1.82) is 0 Å². The molecule has 0 amide bonds. The van der Waals surface area contributed by atoms with Crippen molar-refractivity contribution in [1.82, 2.24) is 4.98 Å². The molecule has 1 heterocycles. The molecule has 4 nitrogen and oxygen atoms in total. The predicted octanol–water partition coefficient (Wildman–Crippen LogP) is -0.252. The second-order valence-electron chi connectivity index (χ2n) is 4.28. The first-order valence-corrected chi connectivity index (χ1v) is 6.29. The third-order valence-electron chi connectivity index (χ3n) is 3.24. The van der Waals surface area contributed by atoms with Crippen molar-refractivity contribution in [3.63, 3.8) is 0 Å². The summed E-state index contributed by atoms with van der Waals surface area (Å²) >= 11 is 1.29. The quantitative estimate of drug-likeness (QED) is 0.779. The van der Waals surface area contributed by atoms with Crippen LogP contribution in [-0.4, -0.2) is 21.5 Å². The average molecular weight is 269 g/mol. The summed E-state index contributed by atoms with van der Waals surface area (Å²) in [6, 6.07) is 10.2. The van der Waals surface area contributed by atoms with E-state index in [4.69, 9.17) is 5.11 Å². The molecule has 94 valence electrons. The van der Waals surface area contributed by atoms with Crippen molar-refractivity contribution >= 4 is 17.3 Å². The summed E-state index contributed by atoms with van der Waals surface area (Å²) in [6.07, 6.45) is 3.88. The van der Waals surface area contributed by atoms with Crippen molar-refractivity contribution in [2.45, 2.75) is 18.3 Å². The zero-order valence-corrected chi connectivity index (χ0v) is 11.4. The van der Waals surface area contributed by atoms with Crippen LogP contribution in [0.4, 0.5) is 0 Å². The standard InChI is InChI=1S/C13H11NO2S.Li.H2O/c15-12(16)11-14-8-10(17-11)13(6-7-13)9-4-2-1-3-5-9;;/h1-5,8H,6-7H2,(H,15,16);;1H2/q;+1;/p-1. The van der Waals surface area contributed by atoms with Crippen molar-refractivity contribution in [2.75, 3.05) is 0 Å². The fourth-order valence-corrected chi connectivity index (χ4v) is 3.18. The van der Waals surface area contributed by atoms with Gasteiger partial charge in [0, 0.05) is 16.5 Å². The van der Waals surface area contributed by atoms with E-state index in [-0.39, 0.29) is 34.8 Å². The maximum atomic E-state index is 10.8. The molecular formula is C13H12LiNO3S. The monoisotopic (exact) mass is 269 g/mol. The van der Waals surface area contributed by atoms with Crippen LogP contribution in [0.2, 0.25) is 0 Å². The SMILES string of the molecule is O=C(O)c1ncc(C2(c3ccccc3)CC2)s1.[Li+].[OH-]. The van der Waals surface area contributed by atoms with Crippen LogP contribution in [0.15, 0.2) is 36.5 Å². The van der Waals surface area contributed by atoms with E-state index in [2.05, 4.69) is 17.1 Å². The molecule has 0 saturated heterocycles. The minimum atomic E-state index is -0.940. The van der Waals surface area contributed by atoms with Gasteiger partial charge in [0.1, 0.15) is 0 Å². The van der Waals surface area contributed by atoms with Crippen LogP contribution in [0.5, 0.6) is 0 Å². The zero-order valence-electron chi connectivity index (χ0n) is 10.5. The Morgan fingerprint density at radius 1 is 1.26 bits per heavy atom. The van der Waals surface area contributed by atoms with Crippen LogP contribution >= 0.6 is 11.3 Å². The maximum Gasteiger partial charge on any atom is 1.00 e. The molecule has 2 aromatic rings. The van der Waals surface area contributed by atoms with Gasteiger partial charge in [-0.3, -0.25) is 0 Å². The minimum absolute atomic E-state index is 0. The van der Waals surface area contributed by atoms with Gasteiger partial charge in [0.05, 0.1) is 0 Å². The van der Waals surface area contributed by atoms with Gasteiger partial charge in [-0.1, -0.05) is 30.3 Å². The van der Waals surface area contributed by atoms with E-state index in [0.717, 1.165) is 17.7 Å². The van der Waals surface area contributed by atoms with Crippen molar-refractivity contribution in [2.24, 2.45) is 0 Å². The molecule has 1 aliphatic carbocycles. The number of hydrogen-bond donors (Lipinski definition) is 1. The second-order valence-corrected chi connectivity index (χ2v) is 5.31. The first-order chi connectivity index (χ1) is 8.22. The minimum Gasteiger partial charge on any atom is -0.870 e. The molecule has 6 heteroatoms. The number of hydrogen-bond acceptors (Lipinski definition) is 4.